The lowest BCUT2D eigenvalue weighted by atomic mass is 10.0. The van der Waals surface area contributed by atoms with Crippen molar-refractivity contribution in [3.63, 3.8) is 0 Å². The van der Waals surface area contributed by atoms with Crippen LogP contribution in [0.1, 0.15) is 22.5 Å². The molecule has 0 saturated carbocycles. The van der Waals surface area contributed by atoms with Crippen molar-refractivity contribution in [3.05, 3.63) is 41.7 Å². The number of nitrogens with two attached hydrogens (primary N) is 1. The number of aliphatic hydroxyl groups is 1. The van der Waals surface area contributed by atoms with E-state index >= 15 is 0 Å². The third kappa shape index (κ3) is 4.02. The van der Waals surface area contributed by atoms with Crippen LogP contribution in [-0.2, 0) is 9.74 Å². The van der Waals surface area contributed by atoms with Gasteiger partial charge in [0.2, 0.25) is 5.60 Å². The molecule has 0 radical (unpaired) electrons. The fourth-order valence-electron chi connectivity index (χ4n) is 2.78. The van der Waals surface area contributed by atoms with Gasteiger partial charge in [-0.1, -0.05) is 17.9 Å². The summed E-state index contributed by atoms with van der Waals surface area (Å²) < 4.78 is 13.2. The molecule has 0 unspecified atom stereocenters. The normalized spacial score (nSPS) is 18.2. The summed E-state index contributed by atoms with van der Waals surface area (Å²) in [5, 5.41) is 16.3. The number of anilines is 1. The van der Waals surface area contributed by atoms with Crippen LogP contribution >= 0.6 is 0 Å². The quantitative estimate of drug-likeness (QED) is 0.634. The zero-order valence-corrected chi connectivity index (χ0v) is 15.2. The maximum atomic E-state index is 12.0. The molecular formula is C18H16FN5O5. The fourth-order valence-corrected chi connectivity index (χ4v) is 2.78. The Morgan fingerprint density at radius 1 is 1.45 bits per heavy atom. The van der Waals surface area contributed by atoms with Crippen molar-refractivity contribution in [1.29, 1.82) is 0 Å². The van der Waals surface area contributed by atoms with E-state index in [0.717, 1.165) is 0 Å². The molecule has 1 saturated heterocycles. The first-order valence-electron chi connectivity index (χ1n) is 8.34. The summed E-state index contributed by atoms with van der Waals surface area (Å²) in [6, 6.07) is 6.50. The number of carbonyl (C=O) groups is 3. The molecule has 0 aliphatic carbocycles. The van der Waals surface area contributed by atoms with E-state index in [1.54, 1.807) is 31.3 Å². The van der Waals surface area contributed by atoms with Gasteiger partial charge in [0.25, 0.3) is 11.8 Å². The number of nitrogens with zero attached hydrogens (tertiary/aromatic N) is 3. The minimum atomic E-state index is -1.74. The molecule has 1 aliphatic heterocycles. The lowest BCUT2D eigenvalue weighted by Crippen LogP contribution is -2.37. The summed E-state index contributed by atoms with van der Waals surface area (Å²) in [7, 11) is 1.58. The Hall–Kier alpha value is -3.91. The lowest BCUT2D eigenvalue weighted by Gasteiger charge is -2.13. The molecular weight excluding hydrogens is 385 g/mol. The van der Waals surface area contributed by atoms with Crippen molar-refractivity contribution in [3.8, 4) is 17.5 Å². The summed E-state index contributed by atoms with van der Waals surface area (Å²) in [6.45, 7) is 0.407. The van der Waals surface area contributed by atoms with Gasteiger partial charge in [0, 0.05) is 30.1 Å². The molecule has 1 aromatic heterocycles. The molecule has 1 aromatic carbocycles. The number of likely N-dealkylation sites (tertiary alicyclic amines) is 1. The number of likely N-dealkylation sites (N-methyl/N-ethyl adjacent to an activating group) is 1. The van der Waals surface area contributed by atoms with Crippen LogP contribution in [0.5, 0.6) is 0 Å². The number of hydrogen-bond acceptors (Lipinski definition) is 6. The van der Waals surface area contributed by atoms with Gasteiger partial charge in [-0.05, 0) is 18.2 Å². The summed E-state index contributed by atoms with van der Waals surface area (Å²) in [5.74, 6) is 3.94. The highest BCUT2D eigenvalue weighted by molar-refractivity contribution is 6.00. The number of rotatable bonds is 3. The number of primary amides is 1. The minimum absolute atomic E-state index is 0.148. The number of benzene rings is 1. The van der Waals surface area contributed by atoms with Crippen LogP contribution in [0.25, 0.3) is 5.69 Å². The second kappa shape index (κ2) is 7.61. The Bertz CT molecular complexity index is 1060. The number of halogens is 1. The average molecular weight is 401 g/mol. The van der Waals surface area contributed by atoms with E-state index in [2.05, 4.69) is 21.9 Å². The van der Waals surface area contributed by atoms with Crippen molar-refractivity contribution in [1.82, 2.24) is 14.7 Å². The number of aromatic nitrogens is 2. The highest BCUT2D eigenvalue weighted by atomic mass is 19.3. The van der Waals surface area contributed by atoms with Gasteiger partial charge in [-0.2, -0.15) is 5.10 Å². The average Bonchev–Trinajstić information content (AvgIpc) is 3.24. The van der Waals surface area contributed by atoms with Crippen molar-refractivity contribution in [2.75, 3.05) is 18.9 Å². The van der Waals surface area contributed by atoms with Crippen LogP contribution in [0.15, 0.2) is 30.5 Å². The van der Waals surface area contributed by atoms with E-state index in [0.29, 0.717) is 17.8 Å². The molecule has 10 nitrogen and oxygen atoms in total. The van der Waals surface area contributed by atoms with Gasteiger partial charge in [-0.25, -0.2) is 14.4 Å². The molecule has 3 rings (SSSR count). The van der Waals surface area contributed by atoms with E-state index in [4.69, 9.17) is 5.73 Å². The van der Waals surface area contributed by atoms with Gasteiger partial charge in [0.1, 0.15) is 0 Å². The van der Waals surface area contributed by atoms with Crippen LogP contribution in [0, 0.1) is 11.8 Å². The van der Waals surface area contributed by atoms with Gasteiger partial charge in [0.15, 0.2) is 5.69 Å². The lowest BCUT2D eigenvalue weighted by molar-refractivity contribution is -0.137. The third-order valence-electron chi connectivity index (χ3n) is 4.29. The van der Waals surface area contributed by atoms with Crippen LogP contribution < -0.4 is 11.1 Å². The zero-order valence-electron chi connectivity index (χ0n) is 15.2. The van der Waals surface area contributed by atoms with Crippen molar-refractivity contribution >= 4 is 23.6 Å². The van der Waals surface area contributed by atoms with Gasteiger partial charge in [-0.15, -0.1) is 0 Å². The van der Waals surface area contributed by atoms with E-state index in [-0.39, 0.29) is 17.8 Å². The summed E-state index contributed by atoms with van der Waals surface area (Å²) in [6.07, 6.45) is 0.00804. The zero-order chi connectivity index (χ0) is 21.2. The number of hydrogen-bond donors (Lipinski definition) is 3. The van der Waals surface area contributed by atoms with Crippen molar-refractivity contribution in [2.24, 2.45) is 5.73 Å². The van der Waals surface area contributed by atoms with Gasteiger partial charge >= 0.3 is 6.09 Å². The van der Waals surface area contributed by atoms with E-state index in [9.17, 15) is 24.0 Å². The van der Waals surface area contributed by atoms with E-state index in [1.165, 1.54) is 15.8 Å². The number of amides is 3. The first kappa shape index (κ1) is 19.8. The molecule has 1 aliphatic rings. The molecule has 4 N–H and O–H groups in total. The molecule has 150 valence electrons. The monoisotopic (exact) mass is 401 g/mol. The Balaban J connectivity index is 1.92. The fraction of sp³-hybridized carbons (Fsp3) is 0.222. The topological polar surface area (TPSA) is 140 Å². The van der Waals surface area contributed by atoms with E-state index in [1.807, 2.05) is 5.32 Å². The van der Waals surface area contributed by atoms with Crippen molar-refractivity contribution < 1.29 is 29.0 Å². The van der Waals surface area contributed by atoms with Crippen LogP contribution in [0.3, 0.4) is 0 Å². The molecule has 0 bridgehead atoms. The first-order valence-corrected chi connectivity index (χ1v) is 8.34. The molecule has 0 spiro atoms. The minimum Gasteiger partial charge on any atom is -0.369 e. The van der Waals surface area contributed by atoms with Crippen LogP contribution in [0.4, 0.5) is 15.0 Å². The molecule has 29 heavy (non-hydrogen) atoms. The SMILES string of the molecule is CN1CC[C@@](O)(C#Cc2cccc(-n3cc(NC(=O)OF)c(C(N)=O)n3)c2)C1=O. The predicted octanol–water partition coefficient (Wildman–Crippen LogP) is 0.349. The van der Waals surface area contributed by atoms with Crippen molar-refractivity contribution in [2.45, 2.75) is 12.0 Å². The third-order valence-corrected chi connectivity index (χ3v) is 4.29. The van der Waals surface area contributed by atoms with E-state index < -0.39 is 23.5 Å². The maximum Gasteiger partial charge on any atom is 0.449 e. The number of nitrogens with one attached hydrogen (secondary N) is 1. The summed E-state index contributed by atoms with van der Waals surface area (Å²) >= 11 is 0. The first-order chi connectivity index (χ1) is 13.7. The highest BCUT2D eigenvalue weighted by Crippen LogP contribution is 2.21. The Morgan fingerprint density at radius 3 is 2.83 bits per heavy atom. The predicted molar refractivity (Wildman–Crippen MR) is 97.4 cm³/mol. The molecule has 1 atom stereocenters. The van der Waals surface area contributed by atoms with Crippen LogP contribution in [0.2, 0.25) is 0 Å². The molecule has 2 heterocycles. The van der Waals surface area contributed by atoms with Crippen LogP contribution in [-0.4, -0.2) is 56.9 Å². The largest absolute Gasteiger partial charge is 0.449 e. The molecule has 3 amide bonds. The highest BCUT2D eigenvalue weighted by Gasteiger charge is 2.42. The molecule has 2 aromatic rings. The smallest absolute Gasteiger partial charge is 0.369 e. The summed E-state index contributed by atoms with van der Waals surface area (Å²) in [4.78, 5) is 39.0. The standard InChI is InChI=1S/C18H16FN5O5/c1-23-8-7-18(28,16(23)26)6-5-11-3-2-4-12(9-11)24-10-13(21-17(27)29-19)14(22-24)15(20)25/h2-4,9-10,28H,7-8H2,1H3,(H2,20,25)(H,21,27)/t18-/m0/s1. The second-order valence-corrected chi connectivity index (χ2v) is 6.33. The molecule has 11 heteroatoms. The second-order valence-electron chi connectivity index (χ2n) is 6.33. The molecule has 1 fully saturated rings. The van der Waals surface area contributed by atoms with Gasteiger partial charge in [-0.3, -0.25) is 14.9 Å². The number of carbonyl (C=O) groups excluding carboxylic acids is 3. The summed E-state index contributed by atoms with van der Waals surface area (Å²) in [5.41, 5.74) is 3.93. The maximum absolute atomic E-state index is 12.0. The Labute approximate surface area is 163 Å². The Kier molecular flexibility index (Phi) is 5.20. The van der Waals surface area contributed by atoms with Gasteiger partial charge in [0.05, 0.1) is 17.6 Å². The Morgan fingerprint density at radius 2 is 2.21 bits per heavy atom. The van der Waals surface area contributed by atoms with Gasteiger partial charge < -0.3 is 15.7 Å².